The molecule has 0 bridgehead atoms. The van der Waals surface area contributed by atoms with Gasteiger partial charge in [0.15, 0.2) is 5.82 Å². The van der Waals surface area contributed by atoms with Crippen LogP contribution < -0.4 is 10.2 Å². The SMILES string of the molecule is CCCNc1cc(N2CCCSCC2)nc(COCC)n1. The van der Waals surface area contributed by atoms with E-state index in [1.807, 2.05) is 18.7 Å². The lowest BCUT2D eigenvalue weighted by atomic mass is 10.3. The average Bonchev–Trinajstić information content (AvgIpc) is 2.80. The van der Waals surface area contributed by atoms with Crippen LogP contribution in [-0.4, -0.2) is 47.7 Å². The van der Waals surface area contributed by atoms with E-state index in [2.05, 4.69) is 33.2 Å². The quantitative estimate of drug-likeness (QED) is 0.836. The molecule has 0 saturated carbocycles. The predicted octanol–water partition coefficient (Wildman–Crippen LogP) is 2.78. The Hall–Kier alpha value is -1.01. The molecule has 0 aromatic carbocycles. The number of hydrogen-bond donors (Lipinski definition) is 1. The molecule has 21 heavy (non-hydrogen) atoms. The van der Waals surface area contributed by atoms with Crippen molar-refractivity contribution in [2.75, 3.05) is 48.0 Å². The van der Waals surface area contributed by atoms with Gasteiger partial charge in [-0.15, -0.1) is 0 Å². The van der Waals surface area contributed by atoms with Crippen LogP contribution in [0.25, 0.3) is 0 Å². The molecule has 1 saturated heterocycles. The summed E-state index contributed by atoms with van der Waals surface area (Å²) in [4.78, 5) is 11.6. The van der Waals surface area contributed by atoms with Crippen molar-refractivity contribution in [2.45, 2.75) is 33.3 Å². The van der Waals surface area contributed by atoms with E-state index in [4.69, 9.17) is 4.74 Å². The number of thioether (sulfide) groups is 1. The number of hydrogen-bond acceptors (Lipinski definition) is 6. The molecule has 0 unspecified atom stereocenters. The van der Waals surface area contributed by atoms with Crippen LogP contribution in [0.2, 0.25) is 0 Å². The third kappa shape index (κ3) is 5.36. The molecule has 2 heterocycles. The van der Waals surface area contributed by atoms with Gasteiger partial charge in [0.2, 0.25) is 0 Å². The molecule has 0 radical (unpaired) electrons. The van der Waals surface area contributed by atoms with E-state index < -0.39 is 0 Å². The summed E-state index contributed by atoms with van der Waals surface area (Å²) >= 11 is 2.02. The van der Waals surface area contributed by atoms with E-state index in [1.54, 1.807) is 0 Å². The molecule has 1 aromatic heterocycles. The fraction of sp³-hybridized carbons (Fsp3) is 0.733. The monoisotopic (exact) mass is 310 g/mol. The Morgan fingerprint density at radius 1 is 1.29 bits per heavy atom. The summed E-state index contributed by atoms with van der Waals surface area (Å²) in [7, 11) is 0. The number of rotatable bonds is 7. The first-order valence-corrected chi connectivity index (χ1v) is 9.01. The van der Waals surface area contributed by atoms with Gasteiger partial charge in [-0.25, -0.2) is 9.97 Å². The molecule has 1 aromatic rings. The van der Waals surface area contributed by atoms with Crippen molar-refractivity contribution in [3.05, 3.63) is 11.9 Å². The van der Waals surface area contributed by atoms with Crippen LogP contribution in [0.5, 0.6) is 0 Å². The van der Waals surface area contributed by atoms with E-state index in [0.717, 1.165) is 43.5 Å². The van der Waals surface area contributed by atoms with Crippen LogP contribution in [-0.2, 0) is 11.3 Å². The highest BCUT2D eigenvalue weighted by Gasteiger charge is 2.14. The summed E-state index contributed by atoms with van der Waals surface area (Å²) in [5.74, 6) is 5.12. The minimum atomic E-state index is 0.480. The second-order valence-electron chi connectivity index (χ2n) is 5.04. The van der Waals surface area contributed by atoms with Crippen LogP contribution in [0.3, 0.4) is 0 Å². The third-order valence-corrected chi connectivity index (χ3v) is 4.35. The zero-order valence-corrected chi connectivity index (χ0v) is 13.9. The molecule has 5 nitrogen and oxygen atoms in total. The molecular formula is C15H26N4OS. The molecular weight excluding hydrogens is 284 g/mol. The van der Waals surface area contributed by atoms with Crippen LogP contribution in [0.15, 0.2) is 6.07 Å². The Balaban J connectivity index is 2.16. The van der Waals surface area contributed by atoms with Gasteiger partial charge in [0, 0.05) is 38.1 Å². The van der Waals surface area contributed by atoms with Gasteiger partial charge in [-0.3, -0.25) is 0 Å². The Bertz CT molecular complexity index is 396. The standard InChI is InChI=1S/C15H26N4OS/c1-3-6-16-13-11-15(18-14(17-13)12-20-4-2)19-7-5-9-21-10-8-19/h11H,3-10,12H2,1-2H3,(H,16,17,18). The fourth-order valence-electron chi connectivity index (χ4n) is 2.22. The second-order valence-corrected chi connectivity index (χ2v) is 6.27. The summed E-state index contributed by atoms with van der Waals surface area (Å²) in [6.45, 7) is 8.38. The van der Waals surface area contributed by atoms with Crippen LogP contribution in [0.4, 0.5) is 11.6 Å². The van der Waals surface area contributed by atoms with Crippen molar-refractivity contribution in [3.8, 4) is 0 Å². The first-order chi connectivity index (χ1) is 10.3. The van der Waals surface area contributed by atoms with Crippen molar-refractivity contribution in [2.24, 2.45) is 0 Å². The van der Waals surface area contributed by atoms with E-state index in [9.17, 15) is 0 Å². The number of nitrogens with zero attached hydrogens (tertiary/aromatic N) is 3. The van der Waals surface area contributed by atoms with E-state index >= 15 is 0 Å². The summed E-state index contributed by atoms with van der Waals surface area (Å²) < 4.78 is 5.47. The summed E-state index contributed by atoms with van der Waals surface area (Å²) in [6.07, 6.45) is 2.30. The molecule has 1 fully saturated rings. The van der Waals surface area contributed by atoms with Crippen molar-refractivity contribution < 1.29 is 4.74 Å². The highest BCUT2D eigenvalue weighted by Crippen LogP contribution is 2.20. The van der Waals surface area contributed by atoms with Crippen LogP contribution in [0.1, 0.15) is 32.5 Å². The lowest BCUT2D eigenvalue weighted by Crippen LogP contribution is -2.27. The van der Waals surface area contributed by atoms with Crippen LogP contribution >= 0.6 is 11.8 Å². The van der Waals surface area contributed by atoms with Gasteiger partial charge in [0.1, 0.15) is 18.2 Å². The minimum Gasteiger partial charge on any atom is -0.374 e. The maximum absolute atomic E-state index is 5.47. The number of anilines is 2. The van der Waals surface area contributed by atoms with E-state index in [0.29, 0.717) is 13.2 Å². The van der Waals surface area contributed by atoms with Crippen molar-refractivity contribution in [1.82, 2.24) is 9.97 Å². The molecule has 0 aliphatic carbocycles. The van der Waals surface area contributed by atoms with E-state index in [-0.39, 0.29) is 0 Å². The van der Waals surface area contributed by atoms with Crippen molar-refractivity contribution in [3.63, 3.8) is 0 Å². The molecule has 6 heteroatoms. The highest BCUT2D eigenvalue weighted by molar-refractivity contribution is 7.99. The summed E-state index contributed by atoms with van der Waals surface area (Å²) in [5.41, 5.74) is 0. The first kappa shape index (κ1) is 16.4. The van der Waals surface area contributed by atoms with Gasteiger partial charge >= 0.3 is 0 Å². The Morgan fingerprint density at radius 3 is 3.00 bits per heavy atom. The first-order valence-electron chi connectivity index (χ1n) is 7.85. The molecule has 0 spiro atoms. The fourth-order valence-corrected chi connectivity index (χ4v) is 3.11. The molecule has 2 rings (SSSR count). The van der Waals surface area contributed by atoms with Gasteiger partial charge in [-0.1, -0.05) is 6.92 Å². The summed E-state index contributed by atoms with van der Waals surface area (Å²) in [6, 6.07) is 2.07. The number of ether oxygens (including phenoxy) is 1. The third-order valence-electron chi connectivity index (χ3n) is 3.30. The van der Waals surface area contributed by atoms with Crippen molar-refractivity contribution >= 4 is 23.4 Å². The Kier molecular flexibility index (Phi) is 7.09. The molecule has 1 aliphatic heterocycles. The molecule has 118 valence electrons. The lowest BCUT2D eigenvalue weighted by Gasteiger charge is -2.22. The van der Waals surface area contributed by atoms with Gasteiger partial charge in [0.05, 0.1) is 0 Å². The highest BCUT2D eigenvalue weighted by atomic mass is 32.2. The Labute approximate surface area is 131 Å². The topological polar surface area (TPSA) is 50.3 Å². The van der Waals surface area contributed by atoms with E-state index in [1.165, 1.54) is 17.9 Å². The smallest absolute Gasteiger partial charge is 0.158 e. The second kappa shape index (κ2) is 9.10. The largest absolute Gasteiger partial charge is 0.374 e. The van der Waals surface area contributed by atoms with Gasteiger partial charge in [-0.05, 0) is 25.5 Å². The van der Waals surface area contributed by atoms with Gasteiger partial charge in [0.25, 0.3) is 0 Å². The number of nitrogens with one attached hydrogen (secondary N) is 1. The zero-order valence-electron chi connectivity index (χ0n) is 13.1. The van der Waals surface area contributed by atoms with Gasteiger partial charge < -0.3 is 15.0 Å². The van der Waals surface area contributed by atoms with Gasteiger partial charge in [-0.2, -0.15) is 11.8 Å². The molecule has 0 amide bonds. The minimum absolute atomic E-state index is 0.480. The summed E-state index contributed by atoms with van der Waals surface area (Å²) in [5, 5.41) is 3.37. The zero-order chi connectivity index (χ0) is 14.9. The van der Waals surface area contributed by atoms with Crippen LogP contribution in [0, 0.1) is 0 Å². The lowest BCUT2D eigenvalue weighted by molar-refractivity contribution is 0.128. The maximum Gasteiger partial charge on any atom is 0.158 e. The molecule has 1 N–H and O–H groups in total. The average molecular weight is 310 g/mol. The Morgan fingerprint density at radius 2 is 2.19 bits per heavy atom. The maximum atomic E-state index is 5.47. The normalized spacial score (nSPS) is 15.8. The molecule has 1 aliphatic rings. The predicted molar refractivity (Wildman–Crippen MR) is 90.3 cm³/mol. The number of aromatic nitrogens is 2. The molecule has 0 atom stereocenters. The van der Waals surface area contributed by atoms with Crippen molar-refractivity contribution in [1.29, 1.82) is 0 Å².